The second-order valence-corrected chi connectivity index (χ2v) is 16.6. The van der Waals surface area contributed by atoms with Gasteiger partial charge in [-0.15, -0.1) is 28.2 Å². The SMILES string of the molecule is CCCCCCC#Cc1c2cc3ncsc3cc2c(C#C[Si](CC)(CC)CC)c2cc3ncsc3cc12. The highest BCUT2D eigenvalue weighted by atomic mass is 32.1. The fourth-order valence-corrected chi connectivity index (χ4v) is 9.01. The van der Waals surface area contributed by atoms with Crippen LogP contribution in [0, 0.1) is 23.3 Å². The van der Waals surface area contributed by atoms with Crippen molar-refractivity contribution in [3.63, 3.8) is 0 Å². The summed E-state index contributed by atoms with van der Waals surface area (Å²) in [6.07, 6.45) is 5.87. The van der Waals surface area contributed by atoms with E-state index in [2.05, 4.69) is 85.2 Å². The van der Waals surface area contributed by atoms with Crippen molar-refractivity contribution in [1.29, 1.82) is 0 Å². The van der Waals surface area contributed by atoms with Gasteiger partial charge in [0.15, 0.2) is 0 Å². The number of aromatic nitrogens is 2. The number of fused-ring (bicyclic) bond motifs is 4. The minimum Gasteiger partial charge on any atom is -0.245 e. The third kappa shape index (κ3) is 5.06. The second-order valence-electron chi connectivity index (χ2n) is 9.89. The number of thiazole rings is 2. The summed E-state index contributed by atoms with van der Waals surface area (Å²) in [5.41, 5.74) is 12.1. The van der Waals surface area contributed by atoms with Gasteiger partial charge in [0.2, 0.25) is 0 Å². The van der Waals surface area contributed by atoms with Gasteiger partial charge in [-0.1, -0.05) is 64.7 Å². The maximum absolute atomic E-state index is 4.66. The Balaban J connectivity index is 1.83. The zero-order valence-electron chi connectivity index (χ0n) is 22.3. The lowest BCUT2D eigenvalue weighted by Gasteiger charge is -2.20. The first kappa shape index (κ1) is 25.9. The monoisotopic (exact) mass is 538 g/mol. The number of benzene rings is 3. The minimum atomic E-state index is -1.62. The van der Waals surface area contributed by atoms with Gasteiger partial charge in [-0.05, 0) is 48.8 Å². The summed E-state index contributed by atoms with van der Waals surface area (Å²) in [6, 6.07) is 12.7. The third-order valence-corrected chi connectivity index (χ3v) is 14.2. The largest absolute Gasteiger partial charge is 0.245 e. The lowest BCUT2D eigenvalue weighted by molar-refractivity contribution is 0.679. The Hall–Kier alpha value is -2.70. The molecule has 3 aromatic carbocycles. The van der Waals surface area contributed by atoms with Crippen LogP contribution in [0.5, 0.6) is 0 Å². The van der Waals surface area contributed by atoms with E-state index >= 15 is 0 Å². The first-order valence-corrected chi connectivity index (χ1v) is 18.0. The molecule has 0 N–H and O–H groups in total. The van der Waals surface area contributed by atoms with Crippen molar-refractivity contribution in [3.05, 3.63) is 46.4 Å². The molecule has 0 bridgehead atoms. The van der Waals surface area contributed by atoms with Gasteiger partial charge in [-0.3, -0.25) is 0 Å². The molecule has 37 heavy (non-hydrogen) atoms. The zero-order chi connectivity index (χ0) is 25.8. The molecule has 0 aliphatic rings. The summed E-state index contributed by atoms with van der Waals surface area (Å²) < 4.78 is 2.40. The van der Waals surface area contributed by atoms with Gasteiger partial charge >= 0.3 is 0 Å². The summed E-state index contributed by atoms with van der Waals surface area (Å²) in [6.45, 7) is 9.22. The molecule has 0 atom stereocenters. The highest BCUT2D eigenvalue weighted by Gasteiger charge is 2.24. The Morgan fingerprint density at radius 3 is 1.76 bits per heavy atom. The van der Waals surface area contributed by atoms with Crippen molar-refractivity contribution in [2.75, 3.05) is 0 Å². The van der Waals surface area contributed by atoms with E-state index in [1.54, 1.807) is 22.7 Å². The van der Waals surface area contributed by atoms with E-state index in [9.17, 15) is 0 Å². The first-order valence-electron chi connectivity index (χ1n) is 13.6. The van der Waals surface area contributed by atoms with Crippen LogP contribution in [0.2, 0.25) is 18.1 Å². The molecule has 0 amide bonds. The lowest BCUT2D eigenvalue weighted by Crippen LogP contribution is -2.29. The van der Waals surface area contributed by atoms with Crippen LogP contribution in [0.3, 0.4) is 0 Å². The Kier molecular flexibility index (Phi) is 7.96. The Morgan fingerprint density at radius 2 is 1.22 bits per heavy atom. The molecule has 5 heteroatoms. The number of unbranched alkanes of at least 4 members (excludes halogenated alkanes) is 4. The lowest BCUT2D eigenvalue weighted by atomic mass is 9.91. The molecule has 0 saturated heterocycles. The predicted molar refractivity (Wildman–Crippen MR) is 168 cm³/mol. The highest BCUT2D eigenvalue weighted by Crippen LogP contribution is 2.38. The molecule has 0 fully saturated rings. The summed E-state index contributed by atoms with van der Waals surface area (Å²) >= 11 is 3.39. The second kappa shape index (κ2) is 11.4. The molecule has 5 aromatic rings. The third-order valence-electron chi connectivity index (χ3n) is 7.87. The Labute approximate surface area is 229 Å². The molecule has 0 unspecified atom stereocenters. The number of hydrogen-bond donors (Lipinski definition) is 0. The molecule has 0 spiro atoms. The van der Waals surface area contributed by atoms with E-state index in [1.807, 2.05) is 11.0 Å². The van der Waals surface area contributed by atoms with E-state index in [0.29, 0.717) is 0 Å². The molecule has 2 nitrogen and oxygen atoms in total. The minimum absolute atomic E-state index is 0.934. The average Bonchev–Trinajstić information content (AvgIpc) is 3.58. The van der Waals surface area contributed by atoms with Crippen LogP contribution in [0.4, 0.5) is 0 Å². The van der Waals surface area contributed by atoms with Crippen molar-refractivity contribution in [3.8, 4) is 23.3 Å². The number of nitrogens with zero attached hydrogens (tertiary/aromatic N) is 2. The van der Waals surface area contributed by atoms with Gasteiger partial charge in [-0.2, -0.15) is 0 Å². The van der Waals surface area contributed by atoms with Crippen LogP contribution in [0.15, 0.2) is 35.3 Å². The van der Waals surface area contributed by atoms with Crippen molar-refractivity contribution < 1.29 is 0 Å². The maximum atomic E-state index is 4.66. The van der Waals surface area contributed by atoms with Crippen molar-refractivity contribution >= 4 is 72.7 Å². The molecule has 2 heterocycles. The van der Waals surface area contributed by atoms with Crippen LogP contribution in [-0.4, -0.2) is 18.0 Å². The molecule has 0 saturated carbocycles. The molecule has 5 rings (SSSR count). The van der Waals surface area contributed by atoms with Crippen LogP contribution in [0.25, 0.3) is 42.0 Å². The van der Waals surface area contributed by atoms with Crippen LogP contribution in [-0.2, 0) is 0 Å². The molecular weight excluding hydrogens is 505 g/mol. The molecule has 0 aliphatic heterocycles. The van der Waals surface area contributed by atoms with Gasteiger partial charge in [-0.25, -0.2) is 9.97 Å². The maximum Gasteiger partial charge on any atom is 0.138 e. The van der Waals surface area contributed by atoms with Gasteiger partial charge in [0.25, 0.3) is 0 Å². The molecular formula is C32H34N2S2Si. The zero-order valence-corrected chi connectivity index (χ0v) is 25.0. The standard InChI is InChI=1S/C32H34N2S2Si/c1-5-9-10-11-12-13-14-23-25-17-29-32(36-21-33-29)20-28(25)24(15-16-37(6-2,7-3)8-4)26-18-30-31(19-27(23)26)35-22-34-30/h17-22H,5-12H2,1-4H3. The molecule has 0 aliphatic carbocycles. The predicted octanol–water partition coefficient (Wildman–Crippen LogP) is 9.93. The van der Waals surface area contributed by atoms with Gasteiger partial charge < -0.3 is 0 Å². The number of hydrogen-bond acceptors (Lipinski definition) is 4. The van der Waals surface area contributed by atoms with Crippen LogP contribution >= 0.6 is 22.7 Å². The van der Waals surface area contributed by atoms with E-state index in [4.69, 9.17) is 0 Å². The topological polar surface area (TPSA) is 25.8 Å². The molecule has 0 radical (unpaired) electrons. The van der Waals surface area contributed by atoms with E-state index in [0.717, 1.165) is 35.0 Å². The first-order chi connectivity index (χ1) is 18.1. The quantitative estimate of drug-likeness (QED) is 0.0891. The summed E-state index contributed by atoms with van der Waals surface area (Å²) in [5, 5.41) is 4.76. The Morgan fingerprint density at radius 1 is 0.676 bits per heavy atom. The van der Waals surface area contributed by atoms with Crippen LogP contribution < -0.4 is 0 Å². The smallest absolute Gasteiger partial charge is 0.138 e. The molecule has 2 aromatic heterocycles. The van der Waals surface area contributed by atoms with Crippen molar-refractivity contribution in [2.45, 2.75) is 77.9 Å². The fourth-order valence-electron chi connectivity index (χ4n) is 5.20. The van der Waals surface area contributed by atoms with Crippen molar-refractivity contribution in [1.82, 2.24) is 9.97 Å². The van der Waals surface area contributed by atoms with E-state index in [1.165, 1.54) is 68.3 Å². The summed E-state index contributed by atoms with van der Waals surface area (Å²) in [7, 11) is -1.62. The number of rotatable bonds is 7. The summed E-state index contributed by atoms with van der Waals surface area (Å²) in [5.74, 6) is 10.9. The molecule has 188 valence electrons. The van der Waals surface area contributed by atoms with E-state index in [-0.39, 0.29) is 0 Å². The van der Waals surface area contributed by atoms with Gasteiger partial charge in [0.05, 0.1) is 31.5 Å². The van der Waals surface area contributed by atoms with Crippen molar-refractivity contribution in [2.24, 2.45) is 0 Å². The Bertz CT molecular complexity index is 1600. The average molecular weight is 539 g/mol. The van der Waals surface area contributed by atoms with E-state index < -0.39 is 8.07 Å². The van der Waals surface area contributed by atoms with Crippen LogP contribution in [0.1, 0.15) is 70.9 Å². The fraction of sp³-hybridized carbons (Fsp3) is 0.375. The highest BCUT2D eigenvalue weighted by molar-refractivity contribution is 7.17. The summed E-state index contributed by atoms with van der Waals surface area (Å²) in [4.78, 5) is 9.31. The van der Waals surface area contributed by atoms with Gasteiger partial charge in [0, 0.05) is 39.1 Å². The normalized spacial score (nSPS) is 11.7. The van der Waals surface area contributed by atoms with Gasteiger partial charge in [0.1, 0.15) is 8.07 Å².